The summed E-state index contributed by atoms with van der Waals surface area (Å²) in [6, 6.07) is 20.6. The number of para-hydroxylation sites is 1. The molecule has 6 heteroatoms. The van der Waals surface area contributed by atoms with Crippen molar-refractivity contribution in [2.75, 3.05) is 6.61 Å². The molecular weight excluding hydrogens is 338 g/mol. The normalized spacial score (nSPS) is 10.8. The van der Waals surface area contributed by atoms with E-state index >= 15 is 0 Å². The molecule has 0 unspecified atom stereocenters. The molecule has 0 aliphatic heterocycles. The summed E-state index contributed by atoms with van der Waals surface area (Å²) in [7, 11) is 0. The van der Waals surface area contributed by atoms with Crippen LogP contribution in [-0.4, -0.2) is 23.3 Å². The standard InChI is InChI=1S/C19H16ClN3O2/c20-15-6-4-10-18(12-15)25-14-19(24)22-21-13-17-9-5-11-23(17)16-7-2-1-3-8-16/h1-13H,14H2,(H,22,24)/b21-13+. The number of amides is 1. The average molecular weight is 354 g/mol. The van der Waals surface area contributed by atoms with Gasteiger partial charge >= 0.3 is 0 Å². The van der Waals surface area contributed by atoms with E-state index in [1.165, 1.54) is 0 Å². The molecule has 1 N–H and O–H groups in total. The number of nitrogens with zero attached hydrogens (tertiary/aromatic N) is 2. The second kappa shape index (κ2) is 8.17. The molecule has 126 valence electrons. The summed E-state index contributed by atoms with van der Waals surface area (Å²) in [5.74, 6) is 0.179. The summed E-state index contributed by atoms with van der Waals surface area (Å²) in [5, 5.41) is 4.53. The first-order valence-corrected chi connectivity index (χ1v) is 8.03. The molecule has 0 bridgehead atoms. The molecule has 25 heavy (non-hydrogen) atoms. The van der Waals surface area contributed by atoms with Crippen LogP contribution in [0.15, 0.2) is 78.0 Å². The molecule has 0 saturated carbocycles. The lowest BCUT2D eigenvalue weighted by Gasteiger charge is -2.06. The van der Waals surface area contributed by atoms with E-state index in [9.17, 15) is 4.79 Å². The number of hydrazone groups is 1. The average Bonchev–Trinajstić information content (AvgIpc) is 3.09. The van der Waals surface area contributed by atoms with Crippen LogP contribution in [0.5, 0.6) is 5.75 Å². The predicted molar refractivity (Wildman–Crippen MR) is 98.5 cm³/mol. The number of ether oxygens (including phenoxy) is 1. The molecule has 0 atom stereocenters. The summed E-state index contributed by atoms with van der Waals surface area (Å²) < 4.78 is 7.32. The van der Waals surface area contributed by atoms with Crippen LogP contribution in [0, 0.1) is 0 Å². The third-order valence-electron chi connectivity index (χ3n) is 3.37. The van der Waals surface area contributed by atoms with E-state index in [0.717, 1.165) is 11.4 Å². The fourth-order valence-corrected chi connectivity index (χ4v) is 2.41. The Morgan fingerprint density at radius 3 is 2.76 bits per heavy atom. The number of carbonyl (C=O) groups is 1. The zero-order valence-corrected chi connectivity index (χ0v) is 14.1. The number of halogens is 1. The van der Waals surface area contributed by atoms with Crippen LogP contribution < -0.4 is 10.2 Å². The van der Waals surface area contributed by atoms with Gasteiger partial charge in [0.2, 0.25) is 0 Å². The fraction of sp³-hybridized carbons (Fsp3) is 0.0526. The van der Waals surface area contributed by atoms with E-state index in [0.29, 0.717) is 10.8 Å². The number of benzene rings is 2. The van der Waals surface area contributed by atoms with Crippen LogP contribution in [0.3, 0.4) is 0 Å². The van der Waals surface area contributed by atoms with Gasteiger partial charge in [0.15, 0.2) is 6.61 Å². The maximum absolute atomic E-state index is 11.8. The molecule has 1 amide bonds. The van der Waals surface area contributed by atoms with Gasteiger partial charge in [0, 0.05) is 16.9 Å². The molecule has 5 nitrogen and oxygen atoms in total. The second-order valence-corrected chi connectivity index (χ2v) is 5.61. The van der Waals surface area contributed by atoms with Crippen molar-refractivity contribution in [2.24, 2.45) is 5.10 Å². The maximum Gasteiger partial charge on any atom is 0.277 e. The molecule has 0 aliphatic rings. The number of hydrogen-bond acceptors (Lipinski definition) is 3. The van der Waals surface area contributed by atoms with Crippen LogP contribution in [0.4, 0.5) is 0 Å². The quantitative estimate of drug-likeness (QED) is 0.543. The van der Waals surface area contributed by atoms with E-state index in [-0.39, 0.29) is 12.5 Å². The van der Waals surface area contributed by atoms with E-state index in [1.807, 2.05) is 53.2 Å². The Hall–Kier alpha value is -3.05. The minimum absolute atomic E-state index is 0.141. The van der Waals surface area contributed by atoms with Gasteiger partial charge in [-0.15, -0.1) is 0 Å². The van der Waals surface area contributed by atoms with Gasteiger partial charge < -0.3 is 9.30 Å². The maximum atomic E-state index is 11.8. The summed E-state index contributed by atoms with van der Waals surface area (Å²) in [5.41, 5.74) is 4.31. The second-order valence-electron chi connectivity index (χ2n) is 5.18. The van der Waals surface area contributed by atoms with E-state index in [2.05, 4.69) is 10.5 Å². The highest BCUT2D eigenvalue weighted by atomic mass is 35.5. The molecule has 0 aliphatic carbocycles. The van der Waals surface area contributed by atoms with Crippen LogP contribution in [0.25, 0.3) is 5.69 Å². The van der Waals surface area contributed by atoms with Gasteiger partial charge in [0.05, 0.1) is 11.9 Å². The lowest BCUT2D eigenvalue weighted by atomic mass is 10.3. The van der Waals surface area contributed by atoms with Crippen molar-refractivity contribution in [1.82, 2.24) is 9.99 Å². The van der Waals surface area contributed by atoms with Gasteiger partial charge in [-0.05, 0) is 42.5 Å². The predicted octanol–water partition coefficient (Wildman–Crippen LogP) is 3.66. The molecule has 2 aromatic carbocycles. The number of hydrogen-bond donors (Lipinski definition) is 1. The Kier molecular flexibility index (Phi) is 5.49. The third-order valence-corrected chi connectivity index (χ3v) is 3.60. The van der Waals surface area contributed by atoms with Crippen LogP contribution in [-0.2, 0) is 4.79 Å². The minimum atomic E-state index is -0.353. The first kappa shape index (κ1) is 16.8. The highest BCUT2D eigenvalue weighted by molar-refractivity contribution is 6.30. The highest BCUT2D eigenvalue weighted by Crippen LogP contribution is 2.16. The fourth-order valence-electron chi connectivity index (χ4n) is 2.23. The van der Waals surface area contributed by atoms with Crippen molar-refractivity contribution in [1.29, 1.82) is 0 Å². The van der Waals surface area contributed by atoms with E-state index in [4.69, 9.17) is 16.3 Å². The minimum Gasteiger partial charge on any atom is -0.484 e. The first-order valence-electron chi connectivity index (χ1n) is 7.65. The van der Waals surface area contributed by atoms with Crippen molar-refractivity contribution in [3.8, 4) is 11.4 Å². The number of carbonyl (C=O) groups excluding carboxylic acids is 1. The highest BCUT2D eigenvalue weighted by Gasteiger charge is 2.03. The van der Waals surface area contributed by atoms with Crippen LogP contribution in [0.1, 0.15) is 5.69 Å². The molecule has 0 fully saturated rings. The molecule has 1 heterocycles. The lowest BCUT2D eigenvalue weighted by molar-refractivity contribution is -0.123. The largest absolute Gasteiger partial charge is 0.484 e. The van der Waals surface area contributed by atoms with Crippen LogP contribution in [0.2, 0.25) is 5.02 Å². The Balaban J connectivity index is 1.55. The lowest BCUT2D eigenvalue weighted by Crippen LogP contribution is -2.24. The molecule has 3 aromatic rings. The first-order chi connectivity index (χ1) is 12.2. The molecule has 0 radical (unpaired) electrons. The van der Waals surface area contributed by atoms with Gasteiger partial charge in [-0.3, -0.25) is 4.79 Å². The van der Waals surface area contributed by atoms with Gasteiger partial charge in [-0.25, -0.2) is 5.43 Å². The van der Waals surface area contributed by atoms with Crippen molar-refractivity contribution in [3.63, 3.8) is 0 Å². The summed E-state index contributed by atoms with van der Waals surface area (Å²) in [6.07, 6.45) is 3.52. The molecule has 0 saturated heterocycles. The number of rotatable bonds is 6. The Morgan fingerprint density at radius 1 is 1.12 bits per heavy atom. The van der Waals surface area contributed by atoms with Crippen molar-refractivity contribution in [2.45, 2.75) is 0 Å². The SMILES string of the molecule is O=C(COc1cccc(Cl)c1)N/N=C/c1cccn1-c1ccccc1. The third kappa shape index (κ3) is 4.71. The van der Waals surface area contributed by atoms with Gasteiger partial charge in [-0.2, -0.15) is 5.10 Å². The summed E-state index contributed by atoms with van der Waals surface area (Å²) in [4.78, 5) is 11.8. The van der Waals surface area contributed by atoms with Gasteiger partial charge in [-0.1, -0.05) is 35.9 Å². The van der Waals surface area contributed by atoms with E-state index in [1.54, 1.807) is 30.5 Å². The number of nitrogens with one attached hydrogen (secondary N) is 1. The number of aromatic nitrogens is 1. The zero-order chi connectivity index (χ0) is 17.5. The Morgan fingerprint density at radius 2 is 1.96 bits per heavy atom. The summed E-state index contributed by atoms with van der Waals surface area (Å²) >= 11 is 5.86. The smallest absolute Gasteiger partial charge is 0.277 e. The molecule has 3 rings (SSSR count). The van der Waals surface area contributed by atoms with E-state index < -0.39 is 0 Å². The van der Waals surface area contributed by atoms with Crippen molar-refractivity contribution < 1.29 is 9.53 Å². The Labute approximate surface area is 150 Å². The Bertz CT molecular complexity index is 875. The monoisotopic (exact) mass is 353 g/mol. The van der Waals surface area contributed by atoms with Crippen molar-refractivity contribution in [3.05, 3.63) is 83.6 Å². The zero-order valence-electron chi connectivity index (χ0n) is 13.3. The topological polar surface area (TPSA) is 55.6 Å². The van der Waals surface area contributed by atoms with Gasteiger partial charge in [0.25, 0.3) is 5.91 Å². The van der Waals surface area contributed by atoms with Crippen LogP contribution >= 0.6 is 11.6 Å². The molecular formula is C19H16ClN3O2. The molecule has 0 spiro atoms. The van der Waals surface area contributed by atoms with Crippen molar-refractivity contribution >= 4 is 23.7 Å². The molecule has 1 aromatic heterocycles. The summed E-state index contributed by atoms with van der Waals surface area (Å²) in [6.45, 7) is -0.141. The van der Waals surface area contributed by atoms with Gasteiger partial charge in [0.1, 0.15) is 5.75 Å².